The number of amides is 1. The molecule has 0 aliphatic rings. The minimum Gasteiger partial charge on any atom is -0.422 e. The maximum atomic E-state index is 11.9. The van der Waals surface area contributed by atoms with E-state index in [0.29, 0.717) is 11.0 Å². The van der Waals surface area contributed by atoms with Gasteiger partial charge in [0.05, 0.1) is 0 Å². The number of nitrogens with one attached hydrogen (secondary N) is 2. The molecule has 2 heterocycles. The van der Waals surface area contributed by atoms with Crippen LogP contribution in [0.2, 0.25) is 0 Å². The summed E-state index contributed by atoms with van der Waals surface area (Å²) in [4.78, 5) is 30.3. The van der Waals surface area contributed by atoms with E-state index in [4.69, 9.17) is 4.42 Å². The van der Waals surface area contributed by atoms with Crippen LogP contribution in [0, 0.1) is 0 Å². The van der Waals surface area contributed by atoms with E-state index in [1.807, 2.05) is 0 Å². The zero-order valence-electron chi connectivity index (χ0n) is 9.71. The summed E-state index contributed by atoms with van der Waals surface area (Å²) in [6.45, 7) is 0. The van der Waals surface area contributed by atoms with Crippen molar-refractivity contribution in [3.8, 4) is 0 Å². The van der Waals surface area contributed by atoms with Gasteiger partial charge in [-0.05, 0) is 12.1 Å². The third kappa shape index (κ3) is 2.11. The van der Waals surface area contributed by atoms with Gasteiger partial charge in [-0.3, -0.25) is 10.1 Å². The highest BCUT2D eigenvalue weighted by Crippen LogP contribution is 2.13. The van der Waals surface area contributed by atoms with E-state index in [2.05, 4.69) is 15.3 Å². The molecule has 0 fully saturated rings. The fourth-order valence-electron chi connectivity index (χ4n) is 1.73. The van der Waals surface area contributed by atoms with Gasteiger partial charge < -0.3 is 9.40 Å². The molecule has 6 heteroatoms. The maximum Gasteiger partial charge on any atom is 0.349 e. The number of H-pyrrole nitrogens is 1. The molecule has 2 N–H and O–H groups in total. The van der Waals surface area contributed by atoms with Crippen LogP contribution in [0.25, 0.3) is 11.0 Å². The molecule has 0 saturated carbocycles. The van der Waals surface area contributed by atoms with Crippen LogP contribution in [0.5, 0.6) is 0 Å². The Labute approximate surface area is 107 Å². The molecule has 0 aliphatic carbocycles. The van der Waals surface area contributed by atoms with Crippen LogP contribution in [-0.4, -0.2) is 15.9 Å². The highest BCUT2D eigenvalue weighted by Gasteiger charge is 2.14. The highest BCUT2D eigenvalue weighted by molar-refractivity contribution is 6.04. The minimum atomic E-state index is -0.678. The van der Waals surface area contributed by atoms with E-state index in [-0.39, 0.29) is 11.5 Å². The zero-order chi connectivity index (χ0) is 13.2. The van der Waals surface area contributed by atoms with E-state index in [1.165, 1.54) is 12.3 Å². The van der Waals surface area contributed by atoms with Gasteiger partial charge in [-0.2, -0.15) is 0 Å². The van der Waals surface area contributed by atoms with Crippen molar-refractivity contribution in [2.24, 2.45) is 0 Å². The predicted octanol–water partition coefficient (Wildman–Crippen LogP) is 1.77. The number of fused-ring (bicyclic) bond motifs is 1. The van der Waals surface area contributed by atoms with Crippen molar-refractivity contribution in [3.05, 3.63) is 58.7 Å². The van der Waals surface area contributed by atoms with Crippen LogP contribution in [0.3, 0.4) is 0 Å². The van der Waals surface area contributed by atoms with Crippen LogP contribution in [0.4, 0.5) is 5.95 Å². The van der Waals surface area contributed by atoms with Crippen LogP contribution in [-0.2, 0) is 0 Å². The van der Waals surface area contributed by atoms with Crippen molar-refractivity contribution >= 4 is 22.8 Å². The lowest BCUT2D eigenvalue weighted by Crippen LogP contribution is -2.21. The second-order valence-corrected chi connectivity index (χ2v) is 3.88. The van der Waals surface area contributed by atoms with Gasteiger partial charge in [0.15, 0.2) is 0 Å². The van der Waals surface area contributed by atoms with E-state index in [0.717, 1.165) is 0 Å². The number of para-hydroxylation sites is 1. The molecule has 1 amide bonds. The van der Waals surface area contributed by atoms with Crippen molar-refractivity contribution in [3.63, 3.8) is 0 Å². The molecule has 0 spiro atoms. The van der Waals surface area contributed by atoms with E-state index >= 15 is 0 Å². The standard InChI is InChI=1S/C13H9N3O3/c17-11(16-13-14-5-6-15-13)9-7-8-3-1-2-4-10(8)19-12(9)18/h1-7H,(H2,14,15,16,17). The molecular formula is C13H9N3O3. The SMILES string of the molecule is O=C(Nc1ncc[nH]1)c1cc2ccccc2oc1=O. The number of hydrogen-bond donors (Lipinski definition) is 2. The first-order valence-electron chi connectivity index (χ1n) is 5.58. The number of nitrogens with zero attached hydrogens (tertiary/aromatic N) is 1. The average molecular weight is 255 g/mol. The fourth-order valence-corrected chi connectivity index (χ4v) is 1.73. The first kappa shape index (κ1) is 11.2. The summed E-state index contributed by atoms with van der Waals surface area (Å²) in [6, 6.07) is 8.50. The summed E-state index contributed by atoms with van der Waals surface area (Å²) in [6.07, 6.45) is 3.07. The number of aromatic amines is 1. The van der Waals surface area contributed by atoms with Crippen molar-refractivity contribution in [1.29, 1.82) is 0 Å². The van der Waals surface area contributed by atoms with Crippen molar-refractivity contribution in [2.75, 3.05) is 5.32 Å². The Kier molecular flexibility index (Phi) is 2.60. The molecule has 0 aliphatic heterocycles. The summed E-state index contributed by atoms with van der Waals surface area (Å²) in [5.41, 5.74) is -0.292. The summed E-state index contributed by atoms with van der Waals surface area (Å²) < 4.78 is 5.09. The number of imidazole rings is 1. The molecule has 3 rings (SSSR count). The molecular weight excluding hydrogens is 246 g/mol. The van der Waals surface area contributed by atoms with E-state index in [9.17, 15) is 9.59 Å². The number of hydrogen-bond acceptors (Lipinski definition) is 4. The maximum absolute atomic E-state index is 11.9. The van der Waals surface area contributed by atoms with Crippen LogP contribution < -0.4 is 10.9 Å². The van der Waals surface area contributed by atoms with Gasteiger partial charge in [0, 0.05) is 17.8 Å². The molecule has 94 valence electrons. The highest BCUT2D eigenvalue weighted by atomic mass is 16.4. The van der Waals surface area contributed by atoms with Gasteiger partial charge >= 0.3 is 5.63 Å². The number of anilines is 1. The third-order valence-electron chi connectivity index (χ3n) is 2.62. The Hall–Kier alpha value is -2.89. The number of rotatable bonds is 2. The molecule has 19 heavy (non-hydrogen) atoms. The van der Waals surface area contributed by atoms with Gasteiger partial charge in [0.2, 0.25) is 5.95 Å². The van der Waals surface area contributed by atoms with Gasteiger partial charge in [0.1, 0.15) is 11.1 Å². The Bertz CT molecular complexity index is 790. The lowest BCUT2D eigenvalue weighted by Gasteiger charge is -2.02. The molecule has 3 aromatic rings. The number of carbonyl (C=O) groups is 1. The van der Waals surface area contributed by atoms with E-state index in [1.54, 1.807) is 30.5 Å². The Morgan fingerprint density at radius 3 is 2.95 bits per heavy atom. The molecule has 6 nitrogen and oxygen atoms in total. The summed E-state index contributed by atoms with van der Waals surface area (Å²) in [5.74, 6) is -0.285. The van der Waals surface area contributed by atoms with Gasteiger partial charge in [-0.25, -0.2) is 9.78 Å². The van der Waals surface area contributed by atoms with Gasteiger partial charge in [0.25, 0.3) is 5.91 Å². The molecule has 2 aromatic heterocycles. The normalized spacial score (nSPS) is 10.5. The minimum absolute atomic E-state index is 0.0601. The topological polar surface area (TPSA) is 88.0 Å². The summed E-state index contributed by atoms with van der Waals surface area (Å²) in [5, 5.41) is 3.16. The first-order valence-corrected chi connectivity index (χ1v) is 5.58. The second-order valence-electron chi connectivity index (χ2n) is 3.88. The number of benzene rings is 1. The Balaban J connectivity index is 2.02. The molecule has 1 aromatic carbocycles. The molecule has 0 radical (unpaired) electrons. The monoisotopic (exact) mass is 255 g/mol. The fraction of sp³-hybridized carbons (Fsp3) is 0. The molecule has 0 unspecified atom stereocenters. The zero-order valence-corrected chi connectivity index (χ0v) is 9.71. The lowest BCUT2D eigenvalue weighted by molar-refractivity contribution is 0.102. The predicted molar refractivity (Wildman–Crippen MR) is 69.0 cm³/mol. The van der Waals surface area contributed by atoms with Crippen LogP contribution >= 0.6 is 0 Å². The summed E-state index contributed by atoms with van der Waals surface area (Å²) in [7, 11) is 0. The third-order valence-corrected chi connectivity index (χ3v) is 2.62. The van der Waals surface area contributed by atoms with Gasteiger partial charge in [-0.1, -0.05) is 18.2 Å². The van der Waals surface area contributed by atoms with E-state index < -0.39 is 11.5 Å². The summed E-state index contributed by atoms with van der Waals surface area (Å²) >= 11 is 0. The molecule has 0 bridgehead atoms. The van der Waals surface area contributed by atoms with Crippen molar-refractivity contribution < 1.29 is 9.21 Å². The second kappa shape index (κ2) is 4.41. The van der Waals surface area contributed by atoms with Crippen molar-refractivity contribution in [2.45, 2.75) is 0 Å². The number of aromatic nitrogens is 2. The van der Waals surface area contributed by atoms with Crippen LogP contribution in [0.1, 0.15) is 10.4 Å². The quantitative estimate of drug-likeness (QED) is 0.683. The Morgan fingerprint density at radius 1 is 1.32 bits per heavy atom. The Morgan fingerprint density at radius 2 is 2.16 bits per heavy atom. The number of carbonyl (C=O) groups excluding carboxylic acids is 1. The lowest BCUT2D eigenvalue weighted by atomic mass is 10.2. The molecule has 0 saturated heterocycles. The first-order chi connectivity index (χ1) is 9.24. The largest absolute Gasteiger partial charge is 0.422 e. The van der Waals surface area contributed by atoms with Crippen LogP contribution in [0.15, 0.2) is 51.9 Å². The van der Waals surface area contributed by atoms with Gasteiger partial charge in [-0.15, -0.1) is 0 Å². The van der Waals surface area contributed by atoms with Crippen molar-refractivity contribution in [1.82, 2.24) is 9.97 Å². The average Bonchev–Trinajstić information content (AvgIpc) is 2.90. The molecule has 0 atom stereocenters. The smallest absolute Gasteiger partial charge is 0.349 e.